The summed E-state index contributed by atoms with van der Waals surface area (Å²) in [5.74, 6) is 0. The van der Waals surface area contributed by atoms with Gasteiger partial charge in [0.1, 0.15) is 0 Å². The summed E-state index contributed by atoms with van der Waals surface area (Å²) in [6.07, 6.45) is 3.10. The Bertz CT molecular complexity index is 594. The summed E-state index contributed by atoms with van der Waals surface area (Å²) in [6.45, 7) is 8.07. The second kappa shape index (κ2) is 6.87. The highest BCUT2D eigenvalue weighted by atomic mass is 16.5. The maximum Gasteiger partial charge on any atom is 0.0594 e. The lowest BCUT2D eigenvalue weighted by Crippen LogP contribution is -2.37. The lowest BCUT2D eigenvalue weighted by atomic mass is 10.1. The molecule has 112 valence electrons. The first kappa shape index (κ1) is 14.3. The van der Waals surface area contributed by atoms with Crippen molar-refractivity contribution in [2.24, 2.45) is 0 Å². The zero-order valence-electron chi connectivity index (χ0n) is 12.6. The fourth-order valence-corrected chi connectivity index (χ4v) is 2.78. The molecule has 4 heteroatoms. The molecule has 0 bridgehead atoms. The maximum atomic E-state index is 5.37. The number of anilines is 1. The quantitative estimate of drug-likeness (QED) is 0.857. The largest absolute Gasteiger partial charge is 0.384 e. The van der Waals surface area contributed by atoms with Crippen LogP contribution in [0.15, 0.2) is 30.5 Å². The van der Waals surface area contributed by atoms with Crippen LogP contribution in [0.25, 0.3) is 10.8 Å². The van der Waals surface area contributed by atoms with Crippen molar-refractivity contribution >= 4 is 16.5 Å². The summed E-state index contributed by atoms with van der Waals surface area (Å²) in [4.78, 5) is 6.83. The summed E-state index contributed by atoms with van der Waals surface area (Å²) in [5, 5.41) is 6.02. The first-order chi connectivity index (χ1) is 10.3. The Morgan fingerprint density at radius 2 is 2.14 bits per heavy atom. The van der Waals surface area contributed by atoms with Gasteiger partial charge in [-0.3, -0.25) is 9.88 Å². The topological polar surface area (TPSA) is 37.4 Å². The maximum absolute atomic E-state index is 5.37. The number of hydrogen-bond acceptors (Lipinski definition) is 4. The van der Waals surface area contributed by atoms with Crippen LogP contribution in [0, 0.1) is 6.92 Å². The zero-order chi connectivity index (χ0) is 14.5. The summed E-state index contributed by atoms with van der Waals surface area (Å²) in [6, 6.07) is 8.50. The van der Waals surface area contributed by atoms with Crippen LogP contribution in [0.2, 0.25) is 0 Å². The normalized spacial score (nSPS) is 16.2. The molecule has 1 aliphatic rings. The van der Waals surface area contributed by atoms with Crippen LogP contribution in [-0.4, -0.2) is 49.3 Å². The van der Waals surface area contributed by atoms with E-state index in [4.69, 9.17) is 4.74 Å². The van der Waals surface area contributed by atoms with Gasteiger partial charge in [0.05, 0.1) is 13.2 Å². The van der Waals surface area contributed by atoms with Gasteiger partial charge in [0.2, 0.25) is 0 Å². The van der Waals surface area contributed by atoms with E-state index in [0.29, 0.717) is 0 Å². The molecule has 0 spiro atoms. The molecule has 1 N–H and O–H groups in total. The molecule has 1 saturated heterocycles. The predicted molar refractivity (Wildman–Crippen MR) is 86.8 cm³/mol. The van der Waals surface area contributed by atoms with Gasteiger partial charge in [-0.1, -0.05) is 12.1 Å². The fourth-order valence-electron chi connectivity index (χ4n) is 2.78. The summed E-state index contributed by atoms with van der Waals surface area (Å²) >= 11 is 0. The molecule has 0 aliphatic carbocycles. The van der Waals surface area contributed by atoms with Crippen LogP contribution in [-0.2, 0) is 4.74 Å². The van der Waals surface area contributed by atoms with Crippen LogP contribution in [0.3, 0.4) is 0 Å². The summed E-state index contributed by atoms with van der Waals surface area (Å²) in [5.41, 5.74) is 2.27. The Labute approximate surface area is 126 Å². The van der Waals surface area contributed by atoms with Crippen molar-refractivity contribution in [3.05, 3.63) is 36.2 Å². The van der Waals surface area contributed by atoms with E-state index in [-0.39, 0.29) is 0 Å². The van der Waals surface area contributed by atoms with Gasteiger partial charge in [0.15, 0.2) is 0 Å². The van der Waals surface area contributed by atoms with Crippen molar-refractivity contribution < 1.29 is 4.74 Å². The SMILES string of the molecule is Cc1cc2c(NCCCN3CCOCC3)cccc2cn1. The van der Waals surface area contributed by atoms with Gasteiger partial charge >= 0.3 is 0 Å². The number of hydrogen-bond donors (Lipinski definition) is 1. The Morgan fingerprint density at radius 3 is 3.00 bits per heavy atom. The second-order valence-electron chi connectivity index (χ2n) is 5.59. The van der Waals surface area contributed by atoms with Gasteiger partial charge in [-0.2, -0.15) is 0 Å². The number of nitrogens with one attached hydrogen (secondary N) is 1. The third kappa shape index (κ3) is 3.71. The van der Waals surface area contributed by atoms with Crippen molar-refractivity contribution in [2.45, 2.75) is 13.3 Å². The van der Waals surface area contributed by atoms with Crippen molar-refractivity contribution in [1.29, 1.82) is 0 Å². The lowest BCUT2D eigenvalue weighted by molar-refractivity contribution is 0.0378. The van der Waals surface area contributed by atoms with Crippen LogP contribution >= 0.6 is 0 Å². The van der Waals surface area contributed by atoms with Crippen LogP contribution in [0.1, 0.15) is 12.1 Å². The number of benzene rings is 1. The second-order valence-corrected chi connectivity index (χ2v) is 5.59. The molecule has 1 fully saturated rings. The molecule has 2 heterocycles. The Hall–Kier alpha value is -1.65. The molecule has 3 rings (SSSR count). The van der Waals surface area contributed by atoms with Gasteiger partial charge in [-0.15, -0.1) is 0 Å². The van der Waals surface area contributed by atoms with Crippen LogP contribution < -0.4 is 5.32 Å². The molecule has 0 radical (unpaired) electrons. The third-order valence-corrected chi connectivity index (χ3v) is 3.97. The molecular formula is C17H23N3O. The van der Waals surface area contributed by atoms with E-state index in [0.717, 1.165) is 51.5 Å². The van der Waals surface area contributed by atoms with Crippen LogP contribution in [0.5, 0.6) is 0 Å². The molecule has 4 nitrogen and oxygen atoms in total. The first-order valence-electron chi connectivity index (χ1n) is 7.72. The zero-order valence-corrected chi connectivity index (χ0v) is 12.6. The van der Waals surface area contributed by atoms with Gasteiger partial charge < -0.3 is 10.1 Å². The van der Waals surface area contributed by atoms with E-state index in [9.17, 15) is 0 Å². The minimum Gasteiger partial charge on any atom is -0.384 e. The van der Waals surface area contributed by atoms with Gasteiger partial charge in [-0.25, -0.2) is 0 Å². The summed E-state index contributed by atoms with van der Waals surface area (Å²) < 4.78 is 5.37. The average molecular weight is 285 g/mol. The van der Waals surface area contributed by atoms with Crippen LogP contribution in [0.4, 0.5) is 5.69 Å². The van der Waals surface area contributed by atoms with E-state index >= 15 is 0 Å². The molecular weight excluding hydrogens is 262 g/mol. The number of rotatable bonds is 5. The van der Waals surface area contributed by atoms with Crippen molar-refractivity contribution in [2.75, 3.05) is 44.7 Å². The van der Waals surface area contributed by atoms with Crippen molar-refractivity contribution in [3.63, 3.8) is 0 Å². The molecule has 0 saturated carbocycles. The van der Waals surface area contributed by atoms with E-state index in [1.165, 1.54) is 16.5 Å². The Balaban J connectivity index is 1.56. The number of ether oxygens (including phenoxy) is 1. The first-order valence-corrected chi connectivity index (χ1v) is 7.72. The van der Waals surface area contributed by atoms with Gasteiger partial charge in [-0.05, 0) is 32.0 Å². The smallest absolute Gasteiger partial charge is 0.0594 e. The molecule has 0 amide bonds. The van der Waals surface area contributed by atoms with E-state index < -0.39 is 0 Å². The highest BCUT2D eigenvalue weighted by Crippen LogP contribution is 2.23. The minimum absolute atomic E-state index is 0.878. The molecule has 2 aromatic rings. The van der Waals surface area contributed by atoms with Crippen molar-refractivity contribution in [1.82, 2.24) is 9.88 Å². The predicted octanol–water partition coefficient (Wildman–Crippen LogP) is 2.68. The Kier molecular flexibility index (Phi) is 4.68. The van der Waals surface area contributed by atoms with Gasteiger partial charge in [0.25, 0.3) is 0 Å². The van der Waals surface area contributed by atoms with E-state index in [1.807, 2.05) is 13.1 Å². The molecule has 0 unspecified atom stereocenters. The van der Waals surface area contributed by atoms with E-state index in [1.54, 1.807) is 0 Å². The van der Waals surface area contributed by atoms with Crippen molar-refractivity contribution in [3.8, 4) is 0 Å². The minimum atomic E-state index is 0.878. The number of aryl methyl sites for hydroxylation is 1. The molecule has 21 heavy (non-hydrogen) atoms. The van der Waals surface area contributed by atoms with Gasteiger partial charge in [0, 0.05) is 48.0 Å². The third-order valence-electron chi connectivity index (χ3n) is 3.97. The standard InChI is InChI=1S/C17H23N3O/c1-14-12-16-15(13-19-14)4-2-5-17(16)18-6-3-7-20-8-10-21-11-9-20/h2,4-5,12-13,18H,3,6-11H2,1H3. The average Bonchev–Trinajstić information content (AvgIpc) is 2.53. The fraction of sp³-hybridized carbons (Fsp3) is 0.471. The monoisotopic (exact) mass is 285 g/mol. The molecule has 0 atom stereocenters. The highest BCUT2D eigenvalue weighted by molar-refractivity contribution is 5.93. The van der Waals surface area contributed by atoms with E-state index in [2.05, 4.69) is 39.5 Å². The summed E-state index contributed by atoms with van der Waals surface area (Å²) in [7, 11) is 0. The lowest BCUT2D eigenvalue weighted by Gasteiger charge is -2.26. The number of aromatic nitrogens is 1. The molecule has 1 aromatic heterocycles. The number of pyridine rings is 1. The number of fused-ring (bicyclic) bond motifs is 1. The highest BCUT2D eigenvalue weighted by Gasteiger charge is 2.09. The number of nitrogens with zero attached hydrogens (tertiary/aromatic N) is 2. The Morgan fingerprint density at radius 1 is 1.29 bits per heavy atom. The number of morpholine rings is 1. The molecule has 1 aliphatic heterocycles. The molecule has 1 aromatic carbocycles.